The van der Waals surface area contributed by atoms with Gasteiger partial charge >= 0.3 is 5.97 Å². The lowest BCUT2D eigenvalue weighted by Crippen LogP contribution is -2.20. The van der Waals surface area contributed by atoms with Gasteiger partial charge in [0.1, 0.15) is 10.8 Å². The number of carbonyl (C=O) groups excluding carboxylic acids is 1. The average Bonchev–Trinajstić information content (AvgIpc) is 3.05. The summed E-state index contributed by atoms with van der Waals surface area (Å²) in [5.41, 5.74) is 1.63. The molecule has 1 aromatic carbocycles. The first kappa shape index (κ1) is 19.5. The molecule has 0 saturated heterocycles. The van der Waals surface area contributed by atoms with Crippen molar-refractivity contribution in [3.8, 4) is 0 Å². The second kappa shape index (κ2) is 9.07. The Labute approximate surface area is 174 Å². The van der Waals surface area contributed by atoms with Crippen LogP contribution in [0.1, 0.15) is 20.8 Å². The molecule has 8 heteroatoms. The number of carbonyl (C=O) groups is 1. The van der Waals surface area contributed by atoms with E-state index in [-0.39, 0.29) is 0 Å². The molecular weight excluding hydrogens is 446 g/mol. The Hall–Kier alpha value is -2.29. The van der Waals surface area contributed by atoms with Crippen LogP contribution >= 0.6 is 39.5 Å². The van der Waals surface area contributed by atoms with Gasteiger partial charge in [0.2, 0.25) is 0 Å². The highest BCUT2D eigenvalue weighted by Gasteiger charge is 2.18. The molecule has 5 nitrogen and oxygen atoms in total. The lowest BCUT2D eigenvalue weighted by Gasteiger charge is -2.09. The van der Waals surface area contributed by atoms with Gasteiger partial charge in [0.05, 0.1) is 12.7 Å². The number of anilines is 2. The fourth-order valence-electron chi connectivity index (χ4n) is 2.38. The Bertz CT molecular complexity index is 943. The van der Waals surface area contributed by atoms with Crippen molar-refractivity contribution in [1.29, 1.82) is 0 Å². The fraction of sp³-hybridized carbons (Fsp3) is 0.105. The van der Waals surface area contributed by atoms with Crippen LogP contribution in [-0.2, 0) is 11.2 Å². The Kier molecular flexibility index (Phi) is 6.54. The van der Waals surface area contributed by atoms with E-state index in [1.165, 1.54) is 24.0 Å². The van der Waals surface area contributed by atoms with Crippen LogP contribution in [0, 0.1) is 0 Å². The van der Waals surface area contributed by atoms with Crippen molar-refractivity contribution >= 4 is 61.4 Å². The van der Waals surface area contributed by atoms with E-state index in [0.717, 1.165) is 15.8 Å². The monoisotopic (exact) mass is 461 g/mol. The van der Waals surface area contributed by atoms with Crippen LogP contribution in [0.25, 0.3) is 0 Å². The Morgan fingerprint density at radius 1 is 1.22 bits per heavy atom. The summed E-state index contributed by atoms with van der Waals surface area (Å²) < 4.78 is 5.78. The van der Waals surface area contributed by atoms with Crippen LogP contribution < -0.4 is 10.6 Å². The molecule has 0 saturated carbocycles. The fourth-order valence-corrected chi connectivity index (χ4v) is 3.97. The zero-order valence-corrected chi connectivity index (χ0v) is 17.6. The third-order valence-electron chi connectivity index (χ3n) is 3.61. The summed E-state index contributed by atoms with van der Waals surface area (Å²) >= 11 is 10.2. The minimum atomic E-state index is -0.405. The number of hydrogen-bond acceptors (Lipinski definition) is 5. The van der Waals surface area contributed by atoms with E-state index in [1.807, 2.05) is 30.3 Å². The van der Waals surface area contributed by atoms with Gasteiger partial charge in [-0.05, 0) is 51.9 Å². The van der Waals surface area contributed by atoms with Crippen molar-refractivity contribution in [3.63, 3.8) is 0 Å². The highest BCUT2D eigenvalue weighted by molar-refractivity contribution is 9.10. The molecule has 0 aliphatic heterocycles. The van der Waals surface area contributed by atoms with Gasteiger partial charge in [0.25, 0.3) is 0 Å². The number of methoxy groups -OCH3 is 1. The molecule has 0 fully saturated rings. The molecule has 0 aliphatic carbocycles. The standard InChI is InChI=1S/C19H16BrN3O2S2/c1-25-18(24)15-10-14(9-12-5-3-2-4-6-12)27-17(15)23-19(26)22-16-8-7-13(20)11-21-16/h2-8,10-11H,9H2,1H3,(H2,21,22,23,26). The molecular formula is C19H16BrN3O2S2. The second-order valence-corrected chi connectivity index (χ2v) is 8.01. The third-order valence-corrected chi connectivity index (χ3v) is 5.33. The van der Waals surface area contributed by atoms with E-state index in [0.29, 0.717) is 21.5 Å². The number of ether oxygens (including phenoxy) is 1. The van der Waals surface area contributed by atoms with Gasteiger partial charge < -0.3 is 15.4 Å². The van der Waals surface area contributed by atoms with E-state index < -0.39 is 5.97 Å². The van der Waals surface area contributed by atoms with Crippen LogP contribution in [0.2, 0.25) is 0 Å². The number of thiophene rings is 1. The molecule has 0 bridgehead atoms. The number of pyridine rings is 1. The normalized spacial score (nSPS) is 10.3. The number of nitrogens with one attached hydrogen (secondary N) is 2. The van der Waals surface area contributed by atoms with Crippen molar-refractivity contribution in [2.75, 3.05) is 17.7 Å². The van der Waals surface area contributed by atoms with Gasteiger partial charge in [-0.3, -0.25) is 0 Å². The zero-order chi connectivity index (χ0) is 19.2. The van der Waals surface area contributed by atoms with Crippen molar-refractivity contribution in [3.05, 3.63) is 75.2 Å². The van der Waals surface area contributed by atoms with Crippen LogP contribution in [0.15, 0.2) is 59.2 Å². The molecule has 2 N–H and O–H groups in total. The highest BCUT2D eigenvalue weighted by Crippen LogP contribution is 2.30. The summed E-state index contributed by atoms with van der Waals surface area (Å²) in [5, 5.41) is 7.08. The average molecular weight is 462 g/mol. The quantitative estimate of drug-likeness (QED) is 0.407. The molecule has 27 heavy (non-hydrogen) atoms. The number of esters is 1. The minimum Gasteiger partial charge on any atom is -0.465 e. The molecule has 0 aliphatic rings. The molecule has 2 aromatic heterocycles. The predicted octanol–water partition coefficient (Wildman–Crippen LogP) is 5.09. The summed E-state index contributed by atoms with van der Waals surface area (Å²) in [4.78, 5) is 17.4. The molecule has 0 spiro atoms. The van der Waals surface area contributed by atoms with Gasteiger partial charge in [-0.15, -0.1) is 11.3 Å². The molecule has 3 aromatic rings. The smallest absolute Gasteiger partial charge is 0.340 e. The maximum Gasteiger partial charge on any atom is 0.340 e. The van der Waals surface area contributed by atoms with E-state index in [2.05, 4.69) is 43.7 Å². The molecule has 0 unspecified atom stereocenters. The molecule has 2 heterocycles. The van der Waals surface area contributed by atoms with Crippen molar-refractivity contribution < 1.29 is 9.53 Å². The van der Waals surface area contributed by atoms with Crippen LogP contribution in [0.3, 0.4) is 0 Å². The Morgan fingerprint density at radius 2 is 2.00 bits per heavy atom. The molecule has 0 atom stereocenters. The van der Waals surface area contributed by atoms with E-state index in [9.17, 15) is 4.79 Å². The van der Waals surface area contributed by atoms with Gasteiger partial charge in [-0.1, -0.05) is 30.3 Å². The Morgan fingerprint density at radius 3 is 2.67 bits per heavy atom. The van der Waals surface area contributed by atoms with E-state index in [4.69, 9.17) is 17.0 Å². The molecule has 3 rings (SSSR count). The van der Waals surface area contributed by atoms with Gasteiger partial charge in [0.15, 0.2) is 5.11 Å². The maximum atomic E-state index is 12.1. The molecule has 138 valence electrons. The highest BCUT2D eigenvalue weighted by atomic mass is 79.9. The predicted molar refractivity (Wildman–Crippen MR) is 117 cm³/mol. The molecule has 0 amide bonds. The minimum absolute atomic E-state index is 0.350. The summed E-state index contributed by atoms with van der Waals surface area (Å²) in [6.07, 6.45) is 2.40. The van der Waals surface area contributed by atoms with Crippen molar-refractivity contribution in [2.45, 2.75) is 6.42 Å². The lowest BCUT2D eigenvalue weighted by atomic mass is 10.1. The lowest BCUT2D eigenvalue weighted by molar-refractivity contribution is 0.0602. The molecule has 0 radical (unpaired) electrons. The summed E-state index contributed by atoms with van der Waals surface area (Å²) in [7, 11) is 1.36. The number of benzene rings is 1. The van der Waals surface area contributed by atoms with Crippen LogP contribution in [-0.4, -0.2) is 23.2 Å². The second-order valence-electron chi connectivity index (χ2n) is 5.55. The number of rotatable bonds is 5. The van der Waals surface area contributed by atoms with Crippen LogP contribution in [0.5, 0.6) is 0 Å². The number of halogens is 1. The van der Waals surface area contributed by atoms with Gasteiger partial charge in [-0.25, -0.2) is 9.78 Å². The number of thiocarbonyl (C=S) groups is 1. The van der Waals surface area contributed by atoms with Crippen molar-refractivity contribution in [1.82, 2.24) is 4.98 Å². The SMILES string of the molecule is COC(=O)c1cc(Cc2ccccc2)sc1NC(=S)Nc1ccc(Br)cn1. The van der Waals surface area contributed by atoms with E-state index in [1.54, 1.807) is 12.3 Å². The topological polar surface area (TPSA) is 63.2 Å². The van der Waals surface area contributed by atoms with Gasteiger partial charge in [-0.2, -0.15) is 0 Å². The van der Waals surface area contributed by atoms with Gasteiger partial charge in [0, 0.05) is 22.0 Å². The maximum absolute atomic E-state index is 12.1. The first-order chi connectivity index (χ1) is 13.0. The first-order valence-corrected chi connectivity index (χ1v) is 10.0. The summed E-state index contributed by atoms with van der Waals surface area (Å²) in [6.45, 7) is 0. The third kappa shape index (κ3) is 5.35. The summed E-state index contributed by atoms with van der Waals surface area (Å²) in [6, 6.07) is 15.6. The Balaban J connectivity index is 1.77. The van der Waals surface area contributed by atoms with Crippen LogP contribution in [0.4, 0.5) is 10.8 Å². The number of aromatic nitrogens is 1. The largest absolute Gasteiger partial charge is 0.465 e. The number of nitrogens with zero attached hydrogens (tertiary/aromatic N) is 1. The number of hydrogen-bond donors (Lipinski definition) is 2. The summed E-state index contributed by atoms with van der Waals surface area (Å²) in [5.74, 6) is 0.203. The van der Waals surface area contributed by atoms with E-state index >= 15 is 0 Å². The van der Waals surface area contributed by atoms with Crippen molar-refractivity contribution in [2.24, 2.45) is 0 Å². The zero-order valence-electron chi connectivity index (χ0n) is 14.4. The first-order valence-electron chi connectivity index (χ1n) is 7.99.